The van der Waals surface area contributed by atoms with Crippen molar-refractivity contribution in [2.24, 2.45) is 0 Å². The molecular weight excluding hydrogens is 334 g/mol. The highest BCUT2D eigenvalue weighted by Gasteiger charge is 2.20. The van der Waals surface area contributed by atoms with Crippen LogP contribution in [-0.4, -0.2) is 10.2 Å². The Morgan fingerprint density at radius 3 is 2.60 bits per heavy atom. The molecule has 0 radical (unpaired) electrons. The Morgan fingerprint density at radius 1 is 1.60 bits per heavy atom. The van der Waals surface area contributed by atoms with Gasteiger partial charge in [-0.3, -0.25) is 14.9 Å². The molecule has 0 bridgehead atoms. The molecule has 76 valence electrons. The number of nitro benzene ring substituents is 1. The monoisotopic (exact) mass is 336 g/mol. The molecule has 0 N–H and O–H groups in total. The molecule has 0 atom stereocenters. The second-order valence-corrected chi connectivity index (χ2v) is 3.89. The minimum Gasteiger partial charge on any atom is -0.276 e. The van der Waals surface area contributed by atoms with Crippen LogP contribution in [0, 0.1) is 25.0 Å². The minimum absolute atomic E-state index is 0.0193. The van der Waals surface area contributed by atoms with E-state index in [0.717, 1.165) is 6.07 Å². The zero-order chi connectivity index (χ0) is 11.6. The van der Waals surface area contributed by atoms with E-state index in [9.17, 15) is 14.9 Å². The number of nitriles is 1. The van der Waals surface area contributed by atoms with Gasteiger partial charge in [-0.1, -0.05) is 0 Å². The lowest BCUT2D eigenvalue weighted by atomic mass is 10.1. The van der Waals surface area contributed by atoms with E-state index in [4.69, 9.17) is 16.9 Å². The number of carbonyl (C=O) groups is 1. The number of hydrogen-bond acceptors (Lipinski definition) is 4. The molecule has 0 saturated carbocycles. The molecule has 1 aromatic rings. The van der Waals surface area contributed by atoms with Crippen LogP contribution < -0.4 is 0 Å². The van der Waals surface area contributed by atoms with Crippen LogP contribution in [0.3, 0.4) is 0 Å². The fraction of sp³-hybridized carbons (Fsp3) is 0. The van der Waals surface area contributed by atoms with Gasteiger partial charge in [0.25, 0.3) is 10.9 Å². The van der Waals surface area contributed by atoms with E-state index < -0.39 is 10.2 Å². The first kappa shape index (κ1) is 11.9. The van der Waals surface area contributed by atoms with Crippen molar-refractivity contribution < 1.29 is 9.72 Å². The van der Waals surface area contributed by atoms with Crippen LogP contribution in [0.15, 0.2) is 12.1 Å². The average molecular weight is 336 g/mol. The maximum absolute atomic E-state index is 10.9. The summed E-state index contributed by atoms with van der Waals surface area (Å²) in [6.07, 6.45) is 0. The zero-order valence-corrected chi connectivity index (χ0v) is 9.94. The molecule has 1 rings (SSSR count). The summed E-state index contributed by atoms with van der Waals surface area (Å²) >= 11 is 6.87. The number of nitro groups is 1. The highest BCUT2D eigenvalue weighted by molar-refractivity contribution is 14.1. The fourth-order valence-electron chi connectivity index (χ4n) is 0.979. The van der Waals surface area contributed by atoms with Crippen molar-refractivity contribution in [3.63, 3.8) is 0 Å². The van der Waals surface area contributed by atoms with Crippen LogP contribution in [0.5, 0.6) is 0 Å². The summed E-state index contributed by atoms with van der Waals surface area (Å²) in [5.41, 5.74) is -0.298. The third-order valence-electron chi connectivity index (χ3n) is 1.64. The lowest BCUT2D eigenvalue weighted by Gasteiger charge is -2.01. The van der Waals surface area contributed by atoms with Crippen molar-refractivity contribution >= 4 is 45.1 Å². The molecule has 7 heteroatoms. The van der Waals surface area contributed by atoms with E-state index in [2.05, 4.69) is 0 Å². The molecular formula is C8H2ClIN2O3. The molecule has 0 aliphatic rings. The molecule has 0 heterocycles. The van der Waals surface area contributed by atoms with Gasteiger partial charge in [-0.25, -0.2) is 0 Å². The molecule has 0 saturated heterocycles. The first-order chi connectivity index (χ1) is 6.99. The minimum atomic E-state index is -0.806. The van der Waals surface area contributed by atoms with Crippen molar-refractivity contribution in [1.29, 1.82) is 5.26 Å². The zero-order valence-electron chi connectivity index (χ0n) is 7.03. The molecule has 0 fully saturated rings. The Morgan fingerprint density at radius 2 is 2.20 bits per heavy atom. The van der Waals surface area contributed by atoms with Crippen molar-refractivity contribution in [3.05, 3.63) is 36.9 Å². The Labute approximate surface area is 103 Å². The lowest BCUT2D eigenvalue weighted by Crippen LogP contribution is -2.00. The Balaban J connectivity index is 3.55. The van der Waals surface area contributed by atoms with Crippen molar-refractivity contribution in [3.8, 4) is 6.07 Å². The molecule has 0 aliphatic carbocycles. The smallest absolute Gasteiger partial charge is 0.276 e. The molecule has 1 aromatic carbocycles. The third-order valence-corrected chi connectivity index (χ3v) is 2.94. The largest absolute Gasteiger partial charge is 0.284 e. The predicted molar refractivity (Wildman–Crippen MR) is 60.7 cm³/mol. The van der Waals surface area contributed by atoms with E-state index >= 15 is 0 Å². The van der Waals surface area contributed by atoms with E-state index in [-0.39, 0.29) is 20.4 Å². The molecule has 5 nitrogen and oxygen atoms in total. The molecule has 0 unspecified atom stereocenters. The third kappa shape index (κ3) is 2.24. The summed E-state index contributed by atoms with van der Waals surface area (Å²) < 4.78 is 0.117. The summed E-state index contributed by atoms with van der Waals surface area (Å²) in [6.45, 7) is 0. The van der Waals surface area contributed by atoms with Crippen molar-refractivity contribution in [2.75, 3.05) is 0 Å². The maximum Gasteiger partial charge on any atom is 0.284 e. The summed E-state index contributed by atoms with van der Waals surface area (Å²) in [5, 5.41) is 18.5. The van der Waals surface area contributed by atoms with Gasteiger partial charge in [-0.05, 0) is 40.3 Å². The fourth-order valence-corrected chi connectivity index (χ4v) is 1.92. The first-order valence-electron chi connectivity index (χ1n) is 3.56. The topological polar surface area (TPSA) is 84.0 Å². The van der Waals surface area contributed by atoms with Gasteiger partial charge in [0.05, 0.1) is 16.1 Å². The number of carbonyl (C=O) groups excluding carboxylic acids is 1. The van der Waals surface area contributed by atoms with Crippen LogP contribution in [0.2, 0.25) is 0 Å². The number of hydrogen-bond donors (Lipinski definition) is 0. The Hall–Kier alpha value is -1.20. The summed E-state index contributed by atoms with van der Waals surface area (Å²) in [4.78, 5) is 20.8. The van der Waals surface area contributed by atoms with Crippen LogP contribution in [0.4, 0.5) is 5.69 Å². The number of rotatable bonds is 2. The second kappa shape index (κ2) is 4.55. The summed E-state index contributed by atoms with van der Waals surface area (Å²) in [6, 6.07) is 4.05. The number of halogens is 2. The second-order valence-electron chi connectivity index (χ2n) is 2.46. The van der Waals surface area contributed by atoms with Gasteiger partial charge in [-0.2, -0.15) is 5.26 Å². The Bertz CT molecular complexity index is 495. The van der Waals surface area contributed by atoms with Gasteiger partial charge in [0.2, 0.25) is 0 Å². The van der Waals surface area contributed by atoms with Crippen LogP contribution in [0.1, 0.15) is 15.9 Å². The number of nitrogens with zero attached hydrogens (tertiary/aromatic N) is 2. The molecule has 0 spiro atoms. The molecule has 15 heavy (non-hydrogen) atoms. The molecule has 0 aliphatic heterocycles. The Kier molecular flexibility index (Phi) is 3.60. The van der Waals surface area contributed by atoms with Crippen LogP contribution in [0.25, 0.3) is 0 Å². The van der Waals surface area contributed by atoms with Gasteiger partial charge in [0.15, 0.2) is 0 Å². The van der Waals surface area contributed by atoms with E-state index in [0.29, 0.717) is 0 Å². The van der Waals surface area contributed by atoms with Gasteiger partial charge in [0.1, 0.15) is 9.64 Å². The van der Waals surface area contributed by atoms with Gasteiger partial charge in [0, 0.05) is 6.07 Å². The highest BCUT2D eigenvalue weighted by atomic mass is 127. The lowest BCUT2D eigenvalue weighted by molar-refractivity contribution is -0.385. The first-order valence-corrected chi connectivity index (χ1v) is 5.01. The van der Waals surface area contributed by atoms with Gasteiger partial charge >= 0.3 is 0 Å². The standard InChI is InChI=1S/C8H2ClIN2O3/c9-8(13)4-1-2-6(12(14)15)7(10)5(4)3-11/h1-2H. The van der Waals surface area contributed by atoms with Crippen LogP contribution >= 0.6 is 34.2 Å². The van der Waals surface area contributed by atoms with Crippen molar-refractivity contribution in [1.82, 2.24) is 0 Å². The van der Waals surface area contributed by atoms with E-state index in [1.54, 1.807) is 28.7 Å². The summed E-state index contributed by atoms with van der Waals surface area (Å²) in [7, 11) is 0. The quantitative estimate of drug-likeness (QED) is 0.359. The predicted octanol–water partition coefficient (Wildman–Crippen LogP) is 2.45. The normalized spacial score (nSPS) is 9.40. The summed E-state index contributed by atoms with van der Waals surface area (Å²) in [5.74, 6) is 0. The van der Waals surface area contributed by atoms with E-state index in [1.807, 2.05) is 0 Å². The van der Waals surface area contributed by atoms with Gasteiger partial charge < -0.3 is 0 Å². The molecule has 0 amide bonds. The van der Waals surface area contributed by atoms with Crippen LogP contribution in [-0.2, 0) is 0 Å². The van der Waals surface area contributed by atoms with E-state index in [1.165, 1.54) is 6.07 Å². The molecule has 0 aromatic heterocycles. The van der Waals surface area contributed by atoms with Crippen molar-refractivity contribution in [2.45, 2.75) is 0 Å². The maximum atomic E-state index is 10.9. The SMILES string of the molecule is N#Cc1c(C(=O)Cl)ccc([N+](=O)[O-])c1I. The highest BCUT2D eigenvalue weighted by Crippen LogP contribution is 2.27. The number of benzene rings is 1. The van der Waals surface area contributed by atoms with Gasteiger partial charge in [-0.15, -0.1) is 0 Å². The average Bonchev–Trinajstić information content (AvgIpc) is 2.16.